The third kappa shape index (κ3) is 4.98. The molecule has 0 saturated carbocycles. The van der Waals surface area contributed by atoms with E-state index in [1.807, 2.05) is 0 Å². The maximum atomic E-state index is 12.6. The van der Waals surface area contributed by atoms with Crippen LogP contribution in [0.3, 0.4) is 0 Å². The summed E-state index contributed by atoms with van der Waals surface area (Å²) in [5.41, 5.74) is 0.324. The molecule has 31 heavy (non-hydrogen) atoms. The van der Waals surface area contributed by atoms with Crippen LogP contribution in [0.15, 0.2) is 34.4 Å². The number of methoxy groups -OCH3 is 1. The Morgan fingerprint density at radius 3 is 2.52 bits per heavy atom. The first kappa shape index (κ1) is 22.2. The van der Waals surface area contributed by atoms with Crippen molar-refractivity contribution in [1.82, 2.24) is 10.2 Å². The number of halogens is 2. The van der Waals surface area contributed by atoms with E-state index in [-0.39, 0.29) is 39.6 Å². The van der Waals surface area contributed by atoms with Gasteiger partial charge in [0.05, 0.1) is 23.7 Å². The number of rotatable bonds is 7. The summed E-state index contributed by atoms with van der Waals surface area (Å²) in [5, 5.41) is 11.2. The lowest BCUT2D eigenvalue weighted by Gasteiger charge is -2.10. The fourth-order valence-electron chi connectivity index (χ4n) is 2.65. The van der Waals surface area contributed by atoms with Crippen molar-refractivity contribution in [3.63, 3.8) is 0 Å². The molecule has 0 atom stereocenters. The number of carbonyl (C=O) groups excluding carboxylic acids is 3. The van der Waals surface area contributed by atoms with Crippen molar-refractivity contribution in [1.29, 1.82) is 0 Å². The average molecular weight is 469 g/mol. The minimum absolute atomic E-state index is 0.0180. The first-order chi connectivity index (χ1) is 14.7. The van der Waals surface area contributed by atoms with Crippen molar-refractivity contribution in [2.24, 2.45) is 0 Å². The molecule has 1 aromatic heterocycles. The molecule has 1 aliphatic rings. The van der Waals surface area contributed by atoms with E-state index in [9.17, 15) is 19.2 Å². The second kappa shape index (κ2) is 9.11. The quantitative estimate of drug-likeness (QED) is 0.359. The predicted molar refractivity (Wildman–Crippen MR) is 107 cm³/mol. The molecule has 0 bridgehead atoms. The molecule has 1 aliphatic heterocycles. The number of nitrogens with one attached hydrogen (secondary N) is 1. The molecule has 10 nitrogen and oxygen atoms in total. The summed E-state index contributed by atoms with van der Waals surface area (Å²) >= 11 is 12.2. The Balaban J connectivity index is 1.77. The fraction of sp³-hybridized carbons (Fsp3) is 0.158. The van der Waals surface area contributed by atoms with Crippen LogP contribution in [0.1, 0.15) is 21.9 Å². The monoisotopic (exact) mass is 468 g/mol. The number of hydrogen-bond donors (Lipinski definition) is 2. The summed E-state index contributed by atoms with van der Waals surface area (Å²) in [5.74, 6) is -2.40. The highest BCUT2D eigenvalue weighted by molar-refractivity contribution is 6.37. The van der Waals surface area contributed by atoms with Gasteiger partial charge in [0.2, 0.25) is 5.76 Å². The van der Waals surface area contributed by atoms with Gasteiger partial charge in [0, 0.05) is 0 Å². The Bertz CT molecular complexity index is 1090. The maximum absolute atomic E-state index is 12.6. The molecule has 0 aliphatic carbocycles. The normalized spacial score (nSPS) is 14.7. The van der Waals surface area contributed by atoms with E-state index in [2.05, 4.69) is 10.1 Å². The number of carbonyl (C=O) groups is 4. The molecule has 0 unspecified atom stereocenters. The van der Waals surface area contributed by atoms with Crippen LogP contribution in [0.25, 0.3) is 6.08 Å². The third-order valence-electron chi connectivity index (χ3n) is 4.00. The molecule has 2 heterocycles. The minimum atomic E-state index is -1.20. The lowest BCUT2D eigenvalue weighted by Crippen LogP contribution is -2.30. The van der Waals surface area contributed by atoms with Crippen LogP contribution in [-0.4, -0.2) is 47.6 Å². The average Bonchev–Trinajstić information content (AvgIpc) is 3.27. The van der Waals surface area contributed by atoms with E-state index >= 15 is 0 Å². The van der Waals surface area contributed by atoms with Crippen LogP contribution in [0, 0.1) is 0 Å². The Morgan fingerprint density at radius 2 is 1.90 bits per heavy atom. The number of carboxylic acids is 1. The molecular weight excluding hydrogens is 455 g/mol. The summed E-state index contributed by atoms with van der Waals surface area (Å²) in [4.78, 5) is 47.8. The smallest absolute Gasteiger partial charge is 0.373 e. The minimum Gasteiger partial charge on any atom is -0.479 e. The second-order valence-corrected chi connectivity index (χ2v) is 6.95. The largest absolute Gasteiger partial charge is 0.479 e. The van der Waals surface area contributed by atoms with Crippen molar-refractivity contribution in [3.05, 3.63) is 57.1 Å². The van der Waals surface area contributed by atoms with Crippen molar-refractivity contribution in [2.75, 3.05) is 13.7 Å². The summed E-state index contributed by atoms with van der Waals surface area (Å²) in [7, 11) is 1.20. The highest BCUT2D eigenvalue weighted by Gasteiger charge is 2.34. The Hall–Kier alpha value is -3.50. The number of hydrogen-bond acceptors (Lipinski definition) is 7. The van der Waals surface area contributed by atoms with Crippen LogP contribution in [0.2, 0.25) is 10.0 Å². The van der Waals surface area contributed by atoms with Crippen molar-refractivity contribution in [3.8, 4) is 5.75 Å². The number of esters is 1. The lowest BCUT2D eigenvalue weighted by molar-refractivity contribution is -0.139. The van der Waals surface area contributed by atoms with Crippen LogP contribution in [0.5, 0.6) is 5.75 Å². The highest BCUT2D eigenvalue weighted by atomic mass is 35.5. The predicted octanol–water partition coefficient (Wildman–Crippen LogP) is 2.93. The van der Waals surface area contributed by atoms with Crippen LogP contribution >= 0.6 is 23.2 Å². The molecule has 0 spiro atoms. The molecule has 1 aromatic carbocycles. The number of ether oxygens (including phenoxy) is 2. The van der Waals surface area contributed by atoms with Gasteiger partial charge in [-0.15, -0.1) is 0 Å². The van der Waals surface area contributed by atoms with E-state index in [1.165, 1.54) is 37.5 Å². The van der Waals surface area contributed by atoms with E-state index in [0.717, 1.165) is 4.90 Å². The van der Waals surface area contributed by atoms with Gasteiger partial charge in [0.15, 0.2) is 12.4 Å². The molecule has 3 amide bonds. The Morgan fingerprint density at radius 1 is 1.23 bits per heavy atom. The van der Waals surface area contributed by atoms with Crippen molar-refractivity contribution < 1.29 is 38.2 Å². The van der Waals surface area contributed by atoms with Gasteiger partial charge >= 0.3 is 18.0 Å². The number of amides is 3. The Labute approximate surface area is 184 Å². The van der Waals surface area contributed by atoms with E-state index in [4.69, 9.17) is 37.5 Å². The SMILES string of the molecule is COC(=O)c1ccc(CN2C(=O)NC(=Cc3cc(Cl)c(OCC(=O)O)c(Cl)c3)C2=O)o1. The molecule has 1 fully saturated rings. The standard InChI is InChI=1S/C19H14Cl2N2O8/c1-29-18(27)14-3-2-10(31-14)7-23-17(26)13(22-19(23)28)6-9-4-11(20)16(12(21)5-9)30-8-15(24)25/h2-6H,7-8H2,1H3,(H,22,28)(H,24,25). The first-order valence-corrected chi connectivity index (χ1v) is 9.30. The fourth-order valence-corrected chi connectivity index (χ4v) is 3.26. The Kier molecular flexibility index (Phi) is 6.52. The highest BCUT2D eigenvalue weighted by Crippen LogP contribution is 2.35. The van der Waals surface area contributed by atoms with Crippen LogP contribution < -0.4 is 10.1 Å². The summed E-state index contributed by atoms with van der Waals surface area (Å²) < 4.78 is 14.8. The zero-order valence-corrected chi connectivity index (χ0v) is 17.3. The van der Waals surface area contributed by atoms with Gasteiger partial charge in [-0.05, 0) is 35.9 Å². The number of benzene rings is 1. The number of carboxylic acid groups (broad SMARTS) is 1. The van der Waals surface area contributed by atoms with Crippen LogP contribution in [0.4, 0.5) is 4.79 Å². The summed E-state index contributed by atoms with van der Waals surface area (Å²) in [6, 6.07) is 4.92. The molecule has 0 radical (unpaired) electrons. The van der Waals surface area contributed by atoms with Gasteiger partial charge < -0.3 is 24.3 Å². The number of aliphatic carboxylic acids is 1. The lowest BCUT2D eigenvalue weighted by atomic mass is 10.1. The van der Waals surface area contributed by atoms with Gasteiger partial charge in [-0.25, -0.2) is 14.4 Å². The topological polar surface area (TPSA) is 135 Å². The van der Waals surface area contributed by atoms with Gasteiger partial charge in [-0.2, -0.15) is 0 Å². The maximum Gasteiger partial charge on any atom is 0.373 e. The number of urea groups is 1. The van der Waals surface area contributed by atoms with E-state index in [1.54, 1.807) is 0 Å². The van der Waals surface area contributed by atoms with Gasteiger partial charge in [0.1, 0.15) is 11.5 Å². The van der Waals surface area contributed by atoms with Crippen molar-refractivity contribution >= 4 is 53.2 Å². The zero-order chi connectivity index (χ0) is 22.7. The van der Waals surface area contributed by atoms with E-state index < -0.39 is 30.5 Å². The van der Waals surface area contributed by atoms with Gasteiger partial charge in [-0.1, -0.05) is 23.2 Å². The zero-order valence-electron chi connectivity index (χ0n) is 15.8. The summed E-state index contributed by atoms with van der Waals surface area (Å²) in [6.45, 7) is -0.837. The van der Waals surface area contributed by atoms with Crippen molar-refractivity contribution in [2.45, 2.75) is 6.54 Å². The van der Waals surface area contributed by atoms with E-state index in [0.29, 0.717) is 5.56 Å². The number of furan rings is 1. The molecule has 2 N–H and O–H groups in total. The third-order valence-corrected chi connectivity index (χ3v) is 4.56. The van der Waals surface area contributed by atoms with Crippen LogP contribution in [-0.2, 0) is 20.9 Å². The molecule has 1 saturated heterocycles. The molecule has 12 heteroatoms. The molecular formula is C19H14Cl2N2O8. The molecule has 3 rings (SSSR count). The molecule has 162 valence electrons. The number of imide groups is 1. The first-order valence-electron chi connectivity index (χ1n) is 8.54. The van der Waals surface area contributed by atoms with Gasteiger partial charge in [-0.3, -0.25) is 9.69 Å². The van der Waals surface area contributed by atoms with Gasteiger partial charge in [0.25, 0.3) is 5.91 Å². The summed E-state index contributed by atoms with van der Waals surface area (Å²) in [6.07, 6.45) is 1.35. The number of nitrogens with zero attached hydrogens (tertiary/aromatic N) is 1. The second-order valence-electron chi connectivity index (χ2n) is 6.13. The molecule has 2 aromatic rings.